The molecule has 2 rings (SSSR count). The van der Waals surface area contributed by atoms with E-state index in [1.54, 1.807) is 21.3 Å². The van der Waals surface area contributed by atoms with Gasteiger partial charge in [0.2, 0.25) is 0 Å². The molecule has 0 fully saturated rings. The Morgan fingerprint density at radius 2 is 1.43 bits per heavy atom. The highest BCUT2D eigenvalue weighted by Crippen LogP contribution is 2.39. The molecule has 2 aromatic rings. The number of rotatable bonds is 5. The molecule has 21 heavy (non-hydrogen) atoms. The predicted octanol–water partition coefficient (Wildman–Crippen LogP) is 4.51. The number of hydrogen-bond acceptors (Lipinski definition) is 3. The lowest BCUT2D eigenvalue weighted by molar-refractivity contribution is 0.354. The highest BCUT2D eigenvalue weighted by molar-refractivity contribution is 9.09. The van der Waals surface area contributed by atoms with Crippen LogP contribution in [0.4, 0.5) is 0 Å². The fraction of sp³-hybridized carbons (Fsp3) is 0.294. The molecule has 0 heterocycles. The van der Waals surface area contributed by atoms with E-state index in [9.17, 15) is 0 Å². The van der Waals surface area contributed by atoms with Crippen LogP contribution in [0, 0.1) is 6.92 Å². The first kappa shape index (κ1) is 15.7. The zero-order chi connectivity index (χ0) is 15.4. The summed E-state index contributed by atoms with van der Waals surface area (Å²) in [5.41, 5.74) is 3.45. The second-order valence-corrected chi connectivity index (χ2v) is 5.62. The van der Waals surface area contributed by atoms with Gasteiger partial charge in [0.05, 0.1) is 26.2 Å². The minimum atomic E-state index is 0.0863. The van der Waals surface area contributed by atoms with Crippen LogP contribution in [0.1, 0.15) is 21.5 Å². The van der Waals surface area contributed by atoms with Gasteiger partial charge in [0.1, 0.15) is 5.75 Å². The van der Waals surface area contributed by atoms with Gasteiger partial charge in [-0.1, -0.05) is 28.1 Å². The van der Waals surface area contributed by atoms with Gasteiger partial charge in [0, 0.05) is 0 Å². The van der Waals surface area contributed by atoms with Crippen molar-refractivity contribution in [2.45, 2.75) is 11.8 Å². The maximum Gasteiger partial charge on any atom is 0.161 e. The average Bonchev–Trinajstić information content (AvgIpc) is 2.54. The van der Waals surface area contributed by atoms with E-state index in [1.165, 1.54) is 0 Å². The molecule has 0 saturated heterocycles. The summed E-state index contributed by atoms with van der Waals surface area (Å²) in [4.78, 5) is 0.0863. The second kappa shape index (κ2) is 6.85. The molecule has 1 atom stereocenters. The smallest absolute Gasteiger partial charge is 0.161 e. The van der Waals surface area contributed by atoms with Gasteiger partial charge in [-0.05, 0) is 47.9 Å². The molecule has 2 aromatic carbocycles. The Labute approximate surface area is 134 Å². The topological polar surface area (TPSA) is 27.7 Å². The lowest BCUT2D eigenvalue weighted by Crippen LogP contribution is -1.99. The Kier molecular flexibility index (Phi) is 5.12. The number of ether oxygens (including phenoxy) is 3. The Morgan fingerprint density at radius 1 is 0.857 bits per heavy atom. The Hall–Kier alpha value is -1.68. The minimum Gasteiger partial charge on any atom is -0.497 e. The van der Waals surface area contributed by atoms with Gasteiger partial charge in [-0.3, -0.25) is 0 Å². The number of alkyl halides is 1. The molecule has 0 amide bonds. The van der Waals surface area contributed by atoms with Crippen molar-refractivity contribution in [1.82, 2.24) is 0 Å². The van der Waals surface area contributed by atoms with Crippen LogP contribution >= 0.6 is 15.9 Å². The first-order valence-electron chi connectivity index (χ1n) is 6.61. The van der Waals surface area contributed by atoms with Gasteiger partial charge in [-0.25, -0.2) is 0 Å². The van der Waals surface area contributed by atoms with E-state index in [4.69, 9.17) is 14.2 Å². The van der Waals surface area contributed by atoms with Crippen LogP contribution in [0.3, 0.4) is 0 Å². The lowest BCUT2D eigenvalue weighted by Gasteiger charge is -2.17. The number of aryl methyl sites for hydroxylation is 1. The zero-order valence-corrected chi connectivity index (χ0v) is 14.2. The molecule has 0 aliphatic rings. The molecule has 0 aromatic heterocycles. The summed E-state index contributed by atoms with van der Waals surface area (Å²) in [5.74, 6) is 2.33. The van der Waals surface area contributed by atoms with E-state index in [0.29, 0.717) is 0 Å². The summed E-state index contributed by atoms with van der Waals surface area (Å²) < 4.78 is 15.9. The summed E-state index contributed by atoms with van der Waals surface area (Å²) in [6.07, 6.45) is 0. The van der Waals surface area contributed by atoms with Crippen molar-refractivity contribution in [3.05, 3.63) is 53.1 Å². The standard InChI is InChI=1S/C17H19BrO3/c1-11-9-15(20-3)16(21-4)10-14(11)17(18)12-5-7-13(19-2)8-6-12/h5-10,17H,1-4H3. The van der Waals surface area contributed by atoms with Crippen LogP contribution in [0.5, 0.6) is 17.2 Å². The summed E-state index contributed by atoms with van der Waals surface area (Å²) in [5, 5.41) is 0. The minimum absolute atomic E-state index is 0.0863. The van der Waals surface area contributed by atoms with Gasteiger partial charge in [-0.15, -0.1) is 0 Å². The Bertz CT molecular complexity index is 608. The van der Waals surface area contributed by atoms with Crippen LogP contribution in [0.25, 0.3) is 0 Å². The Balaban J connectivity index is 2.39. The van der Waals surface area contributed by atoms with Gasteiger partial charge in [-0.2, -0.15) is 0 Å². The molecular weight excluding hydrogens is 332 g/mol. The van der Waals surface area contributed by atoms with Gasteiger partial charge >= 0.3 is 0 Å². The number of benzene rings is 2. The first-order chi connectivity index (χ1) is 10.1. The predicted molar refractivity (Wildman–Crippen MR) is 88.0 cm³/mol. The molecule has 0 spiro atoms. The van der Waals surface area contributed by atoms with Crippen molar-refractivity contribution in [2.75, 3.05) is 21.3 Å². The Morgan fingerprint density at radius 3 is 1.95 bits per heavy atom. The molecule has 0 radical (unpaired) electrons. The van der Waals surface area contributed by atoms with Gasteiger partial charge in [0.25, 0.3) is 0 Å². The monoisotopic (exact) mass is 350 g/mol. The average molecular weight is 351 g/mol. The number of hydrogen-bond donors (Lipinski definition) is 0. The molecule has 0 aliphatic heterocycles. The van der Waals surface area contributed by atoms with E-state index in [0.717, 1.165) is 33.9 Å². The third-order valence-corrected chi connectivity index (χ3v) is 4.48. The molecule has 0 N–H and O–H groups in total. The molecule has 0 aliphatic carbocycles. The van der Waals surface area contributed by atoms with Crippen molar-refractivity contribution in [3.8, 4) is 17.2 Å². The van der Waals surface area contributed by atoms with Crippen molar-refractivity contribution < 1.29 is 14.2 Å². The summed E-state index contributed by atoms with van der Waals surface area (Å²) in [6.45, 7) is 2.06. The van der Waals surface area contributed by atoms with Crippen LogP contribution in [-0.2, 0) is 0 Å². The zero-order valence-electron chi connectivity index (χ0n) is 12.6. The molecule has 4 heteroatoms. The van der Waals surface area contributed by atoms with Crippen LogP contribution in [0.15, 0.2) is 36.4 Å². The molecule has 0 saturated carbocycles. The van der Waals surface area contributed by atoms with E-state index in [-0.39, 0.29) is 4.83 Å². The largest absolute Gasteiger partial charge is 0.497 e. The highest BCUT2D eigenvalue weighted by Gasteiger charge is 2.16. The van der Waals surface area contributed by atoms with E-state index in [2.05, 4.69) is 22.9 Å². The molecule has 112 valence electrons. The lowest BCUT2D eigenvalue weighted by atomic mass is 9.99. The normalized spacial score (nSPS) is 11.9. The maximum atomic E-state index is 5.39. The van der Waals surface area contributed by atoms with Crippen molar-refractivity contribution in [3.63, 3.8) is 0 Å². The molecule has 3 nitrogen and oxygen atoms in total. The summed E-state index contributed by atoms with van der Waals surface area (Å²) in [6, 6.07) is 12.0. The molecule has 1 unspecified atom stereocenters. The molecule has 0 bridgehead atoms. The first-order valence-corrected chi connectivity index (χ1v) is 7.52. The van der Waals surface area contributed by atoms with E-state index >= 15 is 0 Å². The van der Waals surface area contributed by atoms with Gasteiger partial charge in [0.15, 0.2) is 11.5 Å². The van der Waals surface area contributed by atoms with Crippen molar-refractivity contribution in [2.24, 2.45) is 0 Å². The van der Waals surface area contributed by atoms with Crippen LogP contribution in [-0.4, -0.2) is 21.3 Å². The maximum absolute atomic E-state index is 5.39. The van der Waals surface area contributed by atoms with E-state index < -0.39 is 0 Å². The van der Waals surface area contributed by atoms with Gasteiger partial charge < -0.3 is 14.2 Å². The van der Waals surface area contributed by atoms with Crippen LogP contribution in [0.2, 0.25) is 0 Å². The third-order valence-electron chi connectivity index (χ3n) is 3.45. The quantitative estimate of drug-likeness (QED) is 0.742. The highest BCUT2D eigenvalue weighted by atomic mass is 79.9. The SMILES string of the molecule is COc1ccc(C(Br)c2cc(OC)c(OC)cc2C)cc1. The van der Waals surface area contributed by atoms with Crippen molar-refractivity contribution >= 4 is 15.9 Å². The fourth-order valence-corrected chi connectivity index (χ4v) is 3.02. The van der Waals surface area contributed by atoms with Crippen molar-refractivity contribution in [1.29, 1.82) is 0 Å². The van der Waals surface area contributed by atoms with E-state index in [1.807, 2.05) is 36.4 Å². The second-order valence-electron chi connectivity index (χ2n) is 4.70. The van der Waals surface area contributed by atoms with Crippen LogP contribution < -0.4 is 14.2 Å². The summed E-state index contributed by atoms with van der Waals surface area (Å²) in [7, 11) is 4.96. The number of halogens is 1. The summed E-state index contributed by atoms with van der Waals surface area (Å²) >= 11 is 3.76. The third kappa shape index (κ3) is 3.32. The fourth-order valence-electron chi connectivity index (χ4n) is 2.22. The molecular formula is C17H19BrO3. The number of methoxy groups -OCH3 is 3.